The van der Waals surface area contributed by atoms with Gasteiger partial charge in [0.05, 0.1) is 6.04 Å². The number of aryl methyl sites for hydroxylation is 1. The predicted octanol–water partition coefficient (Wildman–Crippen LogP) is -0.101. The Labute approximate surface area is 105 Å². The summed E-state index contributed by atoms with van der Waals surface area (Å²) in [6.45, 7) is 2.33. The van der Waals surface area contributed by atoms with Crippen molar-refractivity contribution in [3.05, 3.63) is 29.3 Å². The number of carbonyl (C=O) groups is 2. The van der Waals surface area contributed by atoms with Gasteiger partial charge in [0.1, 0.15) is 0 Å². The molecule has 6 heteroatoms. The first-order valence-electron chi connectivity index (χ1n) is 5.75. The van der Waals surface area contributed by atoms with E-state index in [1.807, 2.05) is 6.92 Å². The number of benzene rings is 1. The largest absolute Gasteiger partial charge is 0.354 e. The van der Waals surface area contributed by atoms with Gasteiger partial charge in [-0.2, -0.15) is 0 Å². The number of rotatable bonds is 3. The second-order valence-electron chi connectivity index (χ2n) is 4.35. The summed E-state index contributed by atoms with van der Waals surface area (Å²) < 4.78 is 0. The molecule has 1 fully saturated rings. The van der Waals surface area contributed by atoms with Gasteiger partial charge in [-0.15, -0.1) is 0 Å². The van der Waals surface area contributed by atoms with Crippen LogP contribution in [-0.4, -0.2) is 24.4 Å². The minimum atomic E-state index is -0.169. The number of amides is 2. The molecule has 1 aromatic carbocycles. The van der Waals surface area contributed by atoms with Crippen LogP contribution in [-0.2, 0) is 4.79 Å². The molecule has 18 heavy (non-hydrogen) atoms. The minimum Gasteiger partial charge on any atom is -0.354 e. The molecular weight excluding hydrogens is 232 g/mol. The van der Waals surface area contributed by atoms with Crippen LogP contribution in [0.4, 0.5) is 5.69 Å². The first-order valence-corrected chi connectivity index (χ1v) is 5.75. The summed E-state index contributed by atoms with van der Waals surface area (Å²) >= 11 is 0. The highest BCUT2D eigenvalue weighted by molar-refractivity contribution is 5.96. The summed E-state index contributed by atoms with van der Waals surface area (Å²) in [6, 6.07) is 5.12. The lowest BCUT2D eigenvalue weighted by atomic mass is 10.1. The molecule has 6 nitrogen and oxygen atoms in total. The van der Waals surface area contributed by atoms with Gasteiger partial charge in [0.15, 0.2) is 0 Å². The van der Waals surface area contributed by atoms with E-state index in [-0.39, 0.29) is 17.9 Å². The van der Waals surface area contributed by atoms with Crippen LogP contribution in [0.2, 0.25) is 0 Å². The summed E-state index contributed by atoms with van der Waals surface area (Å²) in [5.41, 5.74) is 4.70. The molecule has 1 aromatic rings. The Hall–Kier alpha value is -2.08. The Morgan fingerprint density at radius 3 is 2.83 bits per heavy atom. The maximum absolute atomic E-state index is 12.0. The van der Waals surface area contributed by atoms with Crippen LogP contribution in [0.25, 0.3) is 0 Å². The van der Waals surface area contributed by atoms with Gasteiger partial charge >= 0.3 is 0 Å². The fraction of sp³-hybridized carbons (Fsp3) is 0.333. The third-order valence-electron chi connectivity index (χ3n) is 2.95. The number of hydrogen-bond acceptors (Lipinski definition) is 4. The summed E-state index contributed by atoms with van der Waals surface area (Å²) in [7, 11) is 0. The van der Waals surface area contributed by atoms with Gasteiger partial charge in [0, 0.05) is 24.2 Å². The van der Waals surface area contributed by atoms with Crippen molar-refractivity contribution < 1.29 is 9.59 Å². The molecule has 0 saturated carbocycles. The van der Waals surface area contributed by atoms with Gasteiger partial charge < -0.3 is 16.1 Å². The number of carbonyl (C=O) groups excluding carboxylic acids is 2. The van der Waals surface area contributed by atoms with Crippen molar-refractivity contribution in [3.63, 3.8) is 0 Å². The van der Waals surface area contributed by atoms with Crippen molar-refractivity contribution in [1.82, 2.24) is 10.6 Å². The number of anilines is 1. The zero-order valence-corrected chi connectivity index (χ0v) is 10.1. The lowest BCUT2D eigenvalue weighted by molar-refractivity contribution is -0.119. The van der Waals surface area contributed by atoms with E-state index in [9.17, 15) is 9.59 Å². The van der Waals surface area contributed by atoms with Crippen LogP contribution in [0.3, 0.4) is 0 Å². The van der Waals surface area contributed by atoms with E-state index in [0.717, 1.165) is 11.3 Å². The normalized spacial score (nSPS) is 18.3. The van der Waals surface area contributed by atoms with Crippen LogP contribution in [0.1, 0.15) is 22.3 Å². The molecule has 0 radical (unpaired) electrons. The van der Waals surface area contributed by atoms with Crippen LogP contribution in [0.15, 0.2) is 18.2 Å². The highest BCUT2D eigenvalue weighted by Gasteiger charge is 2.23. The molecule has 5 N–H and O–H groups in total. The van der Waals surface area contributed by atoms with Crippen molar-refractivity contribution in [2.24, 2.45) is 5.84 Å². The number of nitrogen functional groups attached to an aromatic ring is 1. The van der Waals surface area contributed by atoms with E-state index < -0.39 is 0 Å². The second kappa shape index (κ2) is 5.05. The van der Waals surface area contributed by atoms with E-state index in [1.54, 1.807) is 18.2 Å². The molecule has 1 aliphatic rings. The quantitative estimate of drug-likeness (QED) is 0.443. The van der Waals surface area contributed by atoms with E-state index >= 15 is 0 Å². The zero-order chi connectivity index (χ0) is 13.1. The fourth-order valence-electron chi connectivity index (χ4n) is 1.98. The topological polar surface area (TPSA) is 96.2 Å². The van der Waals surface area contributed by atoms with Gasteiger partial charge in [-0.05, 0) is 30.7 Å². The molecule has 0 bridgehead atoms. The Morgan fingerprint density at radius 1 is 1.50 bits per heavy atom. The summed E-state index contributed by atoms with van der Waals surface area (Å²) in [5.74, 6) is 5.10. The molecule has 1 atom stereocenters. The Kier molecular flexibility index (Phi) is 3.47. The molecule has 96 valence electrons. The summed E-state index contributed by atoms with van der Waals surface area (Å²) in [4.78, 5) is 23.1. The van der Waals surface area contributed by atoms with Crippen molar-refractivity contribution in [1.29, 1.82) is 0 Å². The Balaban J connectivity index is 2.07. The van der Waals surface area contributed by atoms with E-state index in [2.05, 4.69) is 16.1 Å². The van der Waals surface area contributed by atoms with E-state index in [0.29, 0.717) is 18.5 Å². The monoisotopic (exact) mass is 248 g/mol. The highest BCUT2D eigenvalue weighted by Crippen LogP contribution is 2.14. The minimum absolute atomic E-state index is 0.0281. The molecule has 0 aliphatic carbocycles. The van der Waals surface area contributed by atoms with Crippen LogP contribution < -0.4 is 21.9 Å². The molecule has 2 rings (SSSR count). The standard InChI is InChI=1S/C12H16N4O2/c1-7-4-8(16-13)2-3-10(7)12(18)15-9-5-11(17)14-6-9/h2-4,9,16H,5-6,13H2,1H3,(H,14,17)(H,15,18). The van der Waals surface area contributed by atoms with E-state index in [4.69, 9.17) is 5.84 Å². The Morgan fingerprint density at radius 2 is 2.28 bits per heavy atom. The predicted molar refractivity (Wildman–Crippen MR) is 67.9 cm³/mol. The number of nitrogens with two attached hydrogens (primary N) is 1. The molecule has 1 unspecified atom stereocenters. The van der Waals surface area contributed by atoms with Crippen LogP contribution in [0.5, 0.6) is 0 Å². The molecule has 2 amide bonds. The van der Waals surface area contributed by atoms with Gasteiger partial charge in [-0.3, -0.25) is 15.4 Å². The molecular formula is C12H16N4O2. The number of hydrazine groups is 1. The summed E-state index contributed by atoms with van der Waals surface area (Å²) in [5, 5.41) is 5.51. The van der Waals surface area contributed by atoms with Crippen LogP contribution >= 0.6 is 0 Å². The molecule has 1 saturated heterocycles. The highest BCUT2D eigenvalue weighted by atomic mass is 16.2. The van der Waals surface area contributed by atoms with Gasteiger partial charge in [0.2, 0.25) is 5.91 Å². The third-order valence-corrected chi connectivity index (χ3v) is 2.95. The average Bonchev–Trinajstić information content (AvgIpc) is 2.74. The van der Waals surface area contributed by atoms with E-state index in [1.165, 1.54) is 0 Å². The molecule has 1 aliphatic heterocycles. The maximum Gasteiger partial charge on any atom is 0.251 e. The smallest absolute Gasteiger partial charge is 0.251 e. The van der Waals surface area contributed by atoms with Gasteiger partial charge in [-0.1, -0.05) is 0 Å². The molecule has 1 heterocycles. The SMILES string of the molecule is Cc1cc(NN)ccc1C(=O)NC1CNC(=O)C1. The third kappa shape index (κ3) is 2.60. The van der Waals surface area contributed by atoms with Crippen molar-refractivity contribution in [2.75, 3.05) is 12.0 Å². The second-order valence-corrected chi connectivity index (χ2v) is 4.35. The fourth-order valence-corrected chi connectivity index (χ4v) is 1.98. The van der Waals surface area contributed by atoms with Crippen LogP contribution in [0, 0.1) is 6.92 Å². The first kappa shape index (κ1) is 12.4. The van der Waals surface area contributed by atoms with Crippen molar-refractivity contribution in [3.8, 4) is 0 Å². The maximum atomic E-state index is 12.0. The molecule has 0 spiro atoms. The lowest BCUT2D eigenvalue weighted by Crippen LogP contribution is -2.36. The summed E-state index contributed by atoms with van der Waals surface area (Å²) in [6.07, 6.45) is 0.341. The number of hydrogen-bond donors (Lipinski definition) is 4. The molecule has 0 aromatic heterocycles. The lowest BCUT2D eigenvalue weighted by Gasteiger charge is -2.12. The number of nitrogens with one attached hydrogen (secondary N) is 3. The van der Waals surface area contributed by atoms with Crippen molar-refractivity contribution in [2.45, 2.75) is 19.4 Å². The van der Waals surface area contributed by atoms with Gasteiger partial charge in [0.25, 0.3) is 5.91 Å². The first-order chi connectivity index (χ1) is 8.60. The van der Waals surface area contributed by atoms with Gasteiger partial charge in [-0.25, -0.2) is 0 Å². The average molecular weight is 248 g/mol. The Bertz CT molecular complexity index is 487. The van der Waals surface area contributed by atoms with Crippen molar-refractivity contribution >= 4 is 17.5 Å². The zero-order valence-electron chi connectivity index (χ0n) is 10.1.